The minimum atomic E-state index is -0.798. The third kappa shape index (κ3) is 2.21. The number of carbonyl (C=O) groups is 2. The van der Waals surface area contributed by atoms with Crippen LogP contribution in [-0.2, 0) is 16.0 Å². The number of methoxy groups -OCH3 is 1. The van der Waals surface area contributed by atoms with Gasteiger partial charge in [0.25, 0.3) is 0 Å². The Morgan fingerprint density at radius 1 is 1.36 bits per heavy atom. The van der Waals surface area contributed by atoms with Crippen LogP contribution in [0.1, 0.15) is 43.7 Å². The summed E-state index contributed by atoms with van der Waals surface area (Å²) in [6, 6.07) is 3.48. The van der Waals surface area contributed by atoms with Gasteiger partial charge >= 0.3 is 0 Å². The highest BCUT2D eigenvalue weighted by Gasteiger charge is 2.57. The lowest BCUT2D eigenvalue weighted by Gasteiger charge is -2.22. The Hall–Kier alpha value is -1.55. The summed E-state index contributed by atoms with van der Waals surface area (Å²) in [6.07, 6.45) is 2.67. The maximum Gasteiger partial charge on any atom is 0.236 e. The van der Waals surface area contributed by atoms with E-state index < -0.39 is 11.5 Å². The first-order valence-corrected chi connectivity index (χ1v) is 8.02. The molecular formula is C17H20ClNO3. The van der Waals surface area contributed by atoms with Gasteiger partial charge in [0.2, 0.25) is 5.91 Å². The van der Waals surface area contributed by atoms with E-state index in [-0.39, 0.29) is 17.6 Å². The second-order valence-corrected chi connectivity index (χ2v) is 6.73. The number of hydrogen-bond acceptors (Lipinski definition) is 3. The van der Waals surface area contributed by atoms with Crippen molar-refractivity contribution in [2.24, 2.45) is 5.92 Å². The van der Waals surface area contributed by atoms with E-state index in [1.807, 2.05) is 19.9 Å². The summed E-state index contributed by atoms with van der Waals surface area (Å²) in [6.45, 7) is 3.82. The highest BCUT2D eigenvalue weighted by molar-refractivity contribution is 6.31. The Balaban J connectivity index is 2.11. The number of benzene rings is 1. The molecule has 0 bridgehead atoms. The van der Waals surface area contributed by atoms with Crippen molar-refractivity contribution < 1.29 is 14.3 Å². The predicted octanol–water partition coefficient (Wildman–Crippen LogP) is 2.86. The van der Waals surface area contributed by atoms with Crippen LogP contribution in [0.2, 0.25) is 5.02 Å². The summed E-state index contributed by atoms with van der Waals surface area (Å²) in [5.74, 6) is -0.298. The van der Waals surface area contributed by atoms with E-state index in [4.69, 9.17) is 16.3 Å². The molecule has 1 aliphatic heterocycles. The van der Waals surface area contributed by atoms with Crippen LogP contribution in [0.4, 0.5) is 0 Å². The number of ether oxygens (including phenoxy) is 1. The van der Waals surface area contributed by atoms with Gasteiger partial charge < -0.3 is 10.1 Å². The van der Waals surface area contributed by atoms with Gasteiger partial charge in [-0.15, -0.1) is 0 Å². The van der Waals surface area contributed by atoms with Crippen molar-refractivity contribution in [3.63, 3.8) is 0 Å². The molecule has 3 rings (SSSR count). The SMILES string of the molecule is CCc1cc(Cl)cc(OC)c1C1C(=O)NC(C)(C2CC2)C1=O. The van der Waals surface area contributed by atoms with Gasteiger partial charge in [-0.25, -0.2) is 0 Å². The minimum absolute atomic E-state index is 0.0460. The molecule has 5 heteroatoms. The molecule has 1 saturated carbocycles. The van der Waals surface area contributed by atoms with Crippen LogP contribution >= 0.6 is 11.6 Å². The molecule has 118 valence electrons. The standard InChI is InChI=1S/C17H20ClNO3/c1-4-9-7-11(18)8-12(22-3)13(9)14-15(20)17(2,10-5-6-10)19-16(14)21/h7-8,10,14H,4-6H2,1-3H3,(H,19,21). The largest absolute Gasteiger partial charge is 0.496 e. The van der Waals surface area contributed by atoms with Gasteiger partial charge in [0, 0.05) is 10.6 Å². The molecule has 1 aromatic carbocycles. The van der Waals surface area contributed by atoms with E-state index in [0.29, 0.717) is 22.8 Å². The molecule has 1 heterocycles. The van der Waals surface area contributed by atoms with Crippen molar-refractivity contribution >= 4 is 23.3 Å². The molecule has 2 atom stereocenters. The monoisotopic (exact) mass is 321 g/mol. The van der Waals surface area contributed by atoms with Gasteiger partial charge in [0.05, 0.1) is 12.6 Å². The van der Waals surface area contributed by atoms with Crippen molar-refractivity contribution in [3.05, 3.63) is 28.3 Å². The van der Waals surface area contributed by atoms with Crippen molar-refractivity contribution in [1.82, 2.24) is 5.32 Å². The second-order valence-electron chi connectivity index (χ2n) is 6.30. The van der Waals surface area contributed by atoms with E-state index in [1.54, 1.807) is 6.07 Å². The first-order valence-electron chi connectivity index (χ1n) is 7.65. The minimum Gasteiger partial charge on any atom is -0.496 e. The molecule has 1 N–H and O–H groups in total. The molecule has 1 saturated heterocycles. The highest BCUT2D eigenvalue weighted by atomic mass is 35.5. The summed E-state index contributed by atoms with van der Waals surface area (Å²) >= 11 is 6.11. The zero-order valence-electron chi connectivity index (χ0n) is 13.0. The first kappa shape index (κ1) is 15.3. The van der Waals surface area contributed by atoms with Crippen LogP contribution < -0.4 is 10.1 Å². The number of hydrogen-bond donors (Lipinski definition) is 1. The molecule has 1 aliphatic carbocycles. The quantitative estimate of drug-likeness (QED) is 0.868. The number of halogens is 1. The van der Waals surface area contributed by atoms with Crippen molar-refractivity contribution in [2.45, 2.75) is 44.6 Å². The second kappa shape index (κ2) is 5.27. The van der Waals surface area contributed by atoms with E-state index in [9.17, 15) is 9.59 Å². The fraction of sp³-hybridized carbons (Fsp3) is 0.529. The molecule has 0 radical (unpaired) electrons. The predicted molar refractivity (Wildman–Crippen MR) is 84.4 cm³/mol. The zero-order chi connectivity index (χ0) is 16.1. The summed E-state index contributed by atoms with van der Waals surface area (Å²) in [5.41, 5.74) is 0.816. The number of rotatable bonds is 4. The maximum absolute atomic E-state index is 13.0. The Kier molecular flexibility index (Phi) is 3.68. The van der Waals surface area contributed by atoms with Crippen LogP contribution in [-0.4, -0.2) is 24.3 Å². The Morgan fingerprint density at radius 3 is 2.59 bits per heavy atom. The summed E-state index contributed by atoms with van der Waals surface area (Å²) in [5, 5.41) is 3.48. The third-order valence-corrected chi connectivity index (χ3v) is 5.11. The summed E-state index contributed by atoms with van der Waals surface area (Å²) in [7, 11) is 1.53. The van der Waals surface area contributed by atoms with Gasteiger partial charge in [0.1, 0.15) is 11.7 Å². The number of amides is 1. The molecule has 0 spiro atoms. The molecule has 1 amide bonds. The lowest BCUT2D eigenvalue weighted by molar-refractivity contribution is -0.125. The fourth-order valence-corrected chi connectivity index (χ4v) is 3.70. The van der Waals surface area contributed by atoms with Crippen LogP contribution in [0, 0.1) is 5.92 Å². The van der Waals surface area contributed by atoms with Crippen LogP contribution in [0.3, 0.4) is 0 Å². The van der Waals surface area contributed by atoms with Crippen molar-refractivity contribution in [3.8, 4) is 5.75 Å². The molecule has 2 fully saturated rings. The Morgan fingerprint density at radius 2 is 2.05 bits per heavy atom. The van der Waals surface area contributed by atoms with Crippen LogP contribution in [0.5, 0.6) is 5.75 Å². The van der Waals surface area contributed by atoms with E-state index >= 15 is 0 Å². The summed E-state index contributed by atoms with van der Waals surface area (Å²) in [4.78, 5) is 25.5. The Labute approximate surface area is 135 Å². The number of Topliss-reactive ketones (excluding diaryl/α,β-unsaturated/α-hetero) is 1. The van der Waals surface area contributed by atoms with Gasteiger partial charge in [-0.3, -0.25) is 9.59 Å². The normalized spacial score (nSPS) is 27.9. The average Bonchev–Trinajstić information content (AvgIpc) is 3.29. The molecule has 0 aromatic heterocycles. The van der Waals surface area contributed by atoms with Crippen molar-refractivity contribution in [1.29, 1.82) is 0 Å². The van der Waals surface area contributed by atoms with Crippen LogP contribution in [0.25, 0.3) is 0 Å². The topological polar surface area (TPSA) is 55.4 Å². The van der Waals surface area contributed by atoms with Crippen LogP contribution in [0.15, 0.2) is 12.1 Å². The first-order chi connectivity index (χ1) is 10.4. The van der Waals surface area contributed by atoms with Gasteiger partial charge in [0.15, 0.2) is 5.78 Å². The molecule has 1 aromatic rings. The molecule has 22 heavy (non-hydrogen) atoms. The van der Waals surface area contributed by atoms with E-state index in [0.717, 1.165) is 18.4 Å². The third-order valence-electron chi connectivity index (χ3n) is 4.89. The van der Waals surface area contributed by atoms with Crippen molar-refractivity contribution in [2.75, 3.05) is 7.11 Å². The molecule has 4 nitrogen and oxygen atoms in total. The number of ketones is 1. The molecular weight excluding hydrogens is 302 g/mol. The number of nitrogens with one attached hydrogen (secondary N) is 1. The highest BCUT2D eigenvalue weighted by Crippen LogP contribution is 2.47. The smallest absolute Gasteiger partial charge is 0.236 e. The van der Waals surface area contributed by atoms with Gasteiger partial charge in [-0.05, 0) is 49.8 Å². The lowest BCUT2D eigenvalue weighted by atomic mass is 9.82. The number of carbonyl (C=O) groups excluding carboxylic acids is 2. The molecule has 2 unspecified atom stereocenters. The van der Waals surface area contributed by atoms with Gasteiger partial charge in [-0.1, -0.05) is 18.5 Å². The maximum atomic E-state index is 13.0. The average molecular weight is 322 g/mol. The molecule has 2 aliphatic rings. The number of aryl methyl sites for hydroxylation is 1. The zero-order valence-corrected chi connectivity index (χ0v) is 13.8. The van der Waals surface area contributed by atoms with E-state index in [2.05, 4.69) is 5.32 Å². The van der Waals surface area contributed by atoms with E-state index in [1.165, 1.54) is 7.11 Å². The summed E-state index contributed by atoms with van der Waals surface area (Å²) < 4.78 is 5.41. The lowest BCUT2D eigenvalue weighted by Crippen LogP contribution is -2.45. The van der Waals surface area contributed by atoms with Gasteiger partial charge in [-0.2, -0.15) is 0 Å². The Bertz CT molecular complexity index is 628. The fourth-order valence-electron chi connectivity index (χ4n) is 3.47.